The van der Waals surface area contributed by atoms with E-state index in [0.29, 0.717) is 5.69 Å². The van der Waals surface area contributed by atoms with Gasteiger partial charge in [-0.3, -0.25) is 0 Å². The van der Waals surface area contributed by atoms with E-state index < -0.39 is 40.7 Å². The molecule has 7 heteroatoms. The summed E-state index contributed by atoms with van der Waals surface area (Å²) in [4.78, 5) is 0. The normalized spacial score (nSPS) is 11.8. The van der Waals surface area contributed by atoms with Gasteiger partial charge in [0, 0.05) is 5.69 Å². The predicted octanol–water partition coefficient (Wildman–Crippen LogP) is 4.06. The highest BCUT2D eigenvalue weighted by molar-refractivity contribution is 5.47. The van der Waals surface area contributed by atoms with Crippen LogP contribution in [0.25, 0.3) is 0 Å². The third-order valence-corrected chi connectivity index (χ3v) is 2.75. The molecular formula is C14H7F5N2. The first kappa shape index (κ1) is 14.8. The second-order valence-electron chi connectivity index (χ2n) is 4.06. The fourth-order valence-corrected chi connectivity index (χ4v) is 1.75. The van der Waals surface area contributed by atoms with Crippen molar-refractivity contribution < 1.29 is 22.0 Å². The summed E-state index contributed by atoms with van der Waals surface area (Å²) < 4.78 is 66.5. The molecule has 0 aliphatic rings. The Morgan fingerprint density at radius 3 is 1.76 bits per heavy atom. The van der Waals surface area contributed by atoms with Crippen molar-refractivity contribution in [3.8, 4) is 6.07 Å². The molecule has 21 heavy (non-hydrogen) atoms. The van der Waals surface area contributed by atoms with Crippen LogP contribution in [-0.4, -0.2) is 0 Å². The zero-order chi connectivity index (χ0) is 15.6. The highest BCUT2D eigenvalue weighted by Crippen LogP contribution is 2.29. The van der Waals surface area contributed by atoms with E-state index in [1.54, 1.807) is 18.2 Å². The summed E-state index contributed by atoms with van der Waals surface area (Å²) in [7, 11) is 0. The van der Waals surface area contributed by atoms with Crippen LogP contribution in [-0.2, 0) is 0 Å². The molecule has 0 spiro atoms. The Morgan fingerprint density at radius 1 is 0.810 bits per heavy atom. The van der Waals surface area contributed by atoms with Crippen LogP contribution in [0.3, 0.4) is 0 Å². The molecule has 108 valence electrons. The van der Waals surface area contributed by atoms with Gasteiger partial charge < -0.3 is 5.32 Å². The standard InChI is InChI=1S/C14H7F5N2/c15-10-9(11(16)13(18)14(19)12(10)17)8(6-20)21-7-4-2-1-3-5-7/h1-5,8,21H. The Bertz CT molecular complexity index is 681. The quantitative estimate of drug-likeness (QED) is 0.527. The van der Waals surface area contributed by atoms with Crippen LogP contribution >= 0.6 is 0 Å². The zero-order valence-electron chi connectivity index (χ0n) is 10.3. The van der Waals surface area contributed by atoms with Crippen LogP contribution in [0, 0.1) is 40.4 Å². The fraction of sp³-hybridized carbons (Fsp3) is 0.0714. The third kappa shape index (κ3) is 2.65. The third-order valence-electron chi connectivity index (χ3n) is 2.75. The van der Waals surface area contributed by atoms with Crippen molar-refractivity contribution in [3.05, 3.63) is 65.0 Å². The van der Waals surface area contributed by atoms with Crippen molar-refractivity contribution in [2.45, 2.75) is 6.04 Å². The van der Waals surface area contributed by atoms with E-state index in [0.717, 1.165) is 0 Å². The van der Waals surface area contributed by atoms with E-state index in [2.05, 4.69) is 5.32 Å². The minimum absolute atomic E-state index is 0.299. The number of anilines is 1. The van der Waals surface area contributed by atoms with Crippen LogP contribution in [0.4, 0.5) is 27.6 Å². The monoisotopic (exact) mass is 298 g/mol. The van der Waals surface area contributed by atoms with Gasteiger partial charge in [0.25, 0.3) is 0 Å². The Balaban J connectivity index is 2.51. The Kier molecular flexibility index (Phi) is 4.08. The van der Waals surface area contributed by atoms with Crippen LogP contribution in [0.5, 0.6) is 0 Å². The molecule has 1 unspecified atom stereocenters. The molecule has 1 N–H and O–H groups in total. The molecule has 0 amide bonds. The predicted molar refractivity (Wildman–Crippen MR) is 64.7 cm³/mol. The first-order valence-electron chi connectivity index (χ1n) is 5.70. The van der Waals surface area contributed by atoms with Gasteiger partial charge >= 0.3 is 0 Å². The fourth-order valence-electron chi connectivity index (χ4n) is 1.75. The number of nitrogens with zero attached hydrogens (tertiary/aromatic N) is 1. The maximum absolute atomic E-state index is 13.6. The van der Waals surface area contributed by atoms with Gasteiger partial charge in [0.05, 0.1) is 11.6 Å². The number of halogens is 5. The summed E-state index contributed by atoms with van der Waals surface area (Å²) in [5.41, 5.74) is -0.911. The molecule has 2 rings (SSSR count). The molecule has 0 radical (unpaired) electrons. The maximum atomic E-state index is 13.6. The van der Waals surface area contributed by atoms with Crippen LogP contribution in [0.15, 0.2) is 30.3 Å². The van der Waals surface area contributed by atoms with Gasteiger partial charge in [-0.15, -0.1) is 0 Å². The van der Waals surface area contributed by atoms with E-state index in [1.165, 1.54) is 18.2 Å². The first-order valence-corrected chi connectivity index (χ1v) is 5.70. The number of hydrogen-bond acceptors (Lipinski definition) is 2. The summed E-state index contributed by atoms with van der Waals surface area (Å²) in [6.45, 7) is 0. The number of nitrogens with one attached hydrogen (secondary N) is 1. The molecular weight excluding hydrogens is 291 g/mol. The van der Waals surface area contributed by atoms with Gasteiger partial charge in [0.2, 0.25) is 5.82 Å². The Labute approximate surface area is 116 Å². The van der Waals surface area contributed by atoms with Gasteiger partial charge in [-0.05, 0) is 12.1 Å². The number of benzene rings is 2. The molecule has 0 saturated carbocycles. The van der Waals surface area contributed by atoms with Gasteiger partial charge in [-0.2, -0.15) is 5.26 Å². The molecule has 0 aromatic heterocycles. The van der Waals surface area contributed by atoms with E-state index in [9.17, 15) is 22.0 Å². The lowest BCUT2D eigenvalue weighted by atomic mass is 10.0. The van der Waals surface area contributed by atoms with Crippen molar-refractivity contribution in [2.24, 2.45) is 0 Å². The SMILES string of the molecule is N#CC(Nc1ccccc1)c1c(F)c(F)c(F)c(F)c1F. The highest BCUT2D eigenvalue weighted by atomic mass is 19.2. The van der Waals surface area contributed by atoms with Crippen LogP contribution < -0.4 is 5.32 Å². The number of rotatable bonds is 3. The molecule has 2 nitrogen and oxygen atoms in total. The van der Waals surface area contributed by atoms with E-state index >= 15 is 0 Å². The first-order chi connectivity index (χ1) is 9.97. The molecule has 2 aromatic rings. The average molecular weight is 298 g/mol. The van der Waals surface area contributed by atoms with E-state index in [4.69, 9.17) is 5.26 Å². The van der Waals surface area contributed by atoms with E-state index in [-0.39, 0.29) is 0 Å². The lowest BCUT2D eigenvalue weighted by Gasteiger charge is -2.15. The Morgan fingerprint density at radius 2 is 1.29 bits per heavy atom. The van der Waals surface area contributed by atoms with Gasteiger partial charge in [0.15, 0.2) is 23.3 Å². The van der Waals surface area contributed by atoms with E-state index in [1.807, 2.05) is 0 Å². The van der Waals surface area contributed by atoms with Gasteiger partial charge in [-0.25, -0.2) is 22.0 Å². The molecule has 0 heterocycles. The van der Waals surface area contributed by atoms with Crippen molar-refractivity contribution in [2.75, 3.05) is 5.32 Å². The van der Waals surface area contributed by atoms with Crippen molar-refractivity contribution in [1.29, 1.82) is 5.26 Å². The minimum Gasteiger partial charge on any atom is -0.366 e. The molecule has 0 saturated heterocycles. The minimum atomic E-state index is -2.26. The van der Waals surface area contributed by atoms with Crippen LogP contribution in [0.1, 0.15) is 11.6 Å². The summed E-state index contributed by atoms with van der Waals surface area (Å²) in [5, 5.41) is 11.4. The van der Waals surface area contributed by atoms with Crippen molar-refractivity contribution in [1.82, 2.24) is 0 Å². The second kappa shape index (κ2) is 5.79. The lowest BCUT2D eigenvalue weighted by molar-refractivity contribution is 0.369. The summed E-state index contributed by atoms with van der Waals surface area (Å²) >= 11 is 0. The summed E-state index contributed by atoms with van der Waals surface area (Å²) in [6, 6.07) is 7.53. The largest absolute Gasteiger partial charge is 0.366 e. The second-order valence-corrected chi connectivity index (χ2v) is 4.06. The highest BCUT2D eigenvalue weighted by Gasteiger charge is 2.30. The molecule has 0 fully saturated rings. The van der Waals surface area contributed by atoms with Crippen molar-refractivity contribution >= 4 is 5.69 Å². The lowest BCUT2D eigenvalue weighted by Crippen LogP contribution is -2.16. The smallest absolute Gasteiger partial charge is 0.200 e. The van der Waals surface area contributed by atoms with Gasteiger partial charge in [0.1, 0.15) is 6.04 Å². The Hall–Kier alpha value is -2.62. The molecule has 1 atom stereocenters. The topological polar surface area (TPSA) is 35.8 Å². The number of hydrogen-bond donors (Lipinski definition) is 1. The summed E-state index contributed by atoms with van der Waals surface area (Å²) in [6.07, 6.45) is 0. The van der Waals surface area contributed by atoms with Gasteiger partial charge in [-0.1, -0.05) is 18.2 Å². The number of nitriles is 1. The average Bonchev–Trinajstić information content (AvgIpc) is 2.51. The summed E-state index contributed by atoms with van der Waals surface area (Å²) in [5.74, 6) is -10.5. The molecule has 0 aliphatic heterocycles. The van der Waals surface area contributed by atoms with Crippen molar-refractivity contribution in [3.63, 3.8) is 0 Å². The molecule has 2 aromatic carbocycles. The molecule has 0 bridgehead atoms. The maximum Gasteiger partial charge on any atom is 0.200 e. The number of para-hydroxylation sites is 1. The zero-order valence-corrected chi connectivity index (χ0v) is 10.3. The van der Waals surface area contributed by atoms with Crippen LogP contribution in [0.2, 0.25) is 0 Å². The molecule has 0 aliphatic carbocycles.